The average molecular weight is 1360 g/mol. The Morgan fingerprint density at radius 3 is 1.00 bits per heavy atom. The third kappa shape index (κ3) is 18.4. The van der Waals surface area contributed by atoms with Crippen LogP contribution in [-0.2, 0) is 27.1 Å². The van der Waals surface area contributed by atoms with Crippen molar-refractivity contribution in [2.24, 2.45) is 16.2 Å². The largest absolute Gasteiger partial charge is 0.0950 e. The quantitative estimate of drug-likeness (QED) is 0.126. The molecule has 538 valence electrons. The minimum atomic E-state index is -1.70. The van der Waals surface area contributed by atoms with Crippen LogP contribution in [0.4, 0.5) is 0 Å². The molecule has 0 radical (unpaired) electrons. The van der Waals surface area contributed by atoms with Crippen LogP contribution in [0.5, 0.6) is 0 Å². The molecule has 2 heteroatoms. The highest BCUT2D eigenvalue weighted by atomic mass is 28.3. The normalized spacial score (nSPS) is 15.3. The van der Waals surface area contributed by atoms with E-state index < -0.39 is 16.1 Å². The van der Waals surface area contributed by atoms with E-state index in [0.29, 0.717) is 11.3 Å². The lowest BCUT2D eigenvalue weighted by molar-refractivity contribution is -0.00898. The lowest BCUT2D eigenvalue weighted by Gasteiger charge is -2.56. The zero-order chi connectivity index (χ0) is 74.8. The summed E-state index contributed by atoms with van der Waals surface area (Å²) in [6.07, 6.45) is 2.56. The summed E-state index contributed by atoms with van der Waals surface area (Å²) in [6.45, 7) is 87.4. The first-order valence-electron chi connectivity index (χ1n) is 38.5. The van der Waals surface area contributed by atoms with E-state index in [9.17, 15) is 0 Å². The molecule has 1 aliphatic carbocycles. The van der Waals surface area contributed by atoms with Gasteiger partial charge in [-0.3, -0.25) is 0 Å². The molecule has 8 aromatic carbocycles. The van der Waals surface area contributed by atoms with E-state index in [0.717, 1.165) is 16.6 Å². The molecule has 1 aliphatic rings. The van der Waals surface area contributed by atoms with Crippen LogP contribution in [0.1, 0.15) is 299 Å². The molecule has 8 aromatic rings. The molecule has 0 heterocycles. The van der Waals surface area contributed by atoms with E-state index >= 15 is 0 Å². The van der Waals surface area contributed by atoms with Crippen LogP contribution in [-0.4, -0.2) is 16.1 Å². The van der Waals surface area contributed by atoms with Crippen molar-refractivity contribution in [2.45, 2.75) is 337 Å². The summed E-state index contributed by atoms with van der Waals surface area (Å²) >= 11 is 0. The summed E-state index contributed by atoms with van der Waals surface area (Å²) in [4.78, 5) is 0. The lowest BCUT2D eigenvalue weighted by Crippen LogP contribution is -2.56. The Labute approximate surface area is 607 Å². The molecular formula is C96H146Si2. The van der Waals surface area contributed by atoms with Gasteiger partial charge in [-0.2, -0.15) is 0 Å². The minimum absolute atomic E-state index is 0.158. The van der Waals surface area contributed by atoms with Crippen LogP contribution < -0.4 is 10.4 Å². The molecule has 9 rings (SSSR count). The lowest BCUT2D eigenvalue weighted by atomic mass is 9.48. The third-order valence-electron chi connectivity index (χ3n) is 23.6. The number of aryl methyl sites for hydroxylation is 6. The van der Waals surface area contributed by atoms with E-state index in [1.807, 2.05) is 0 Å². The van der Waals surface area contributed by atoms with E-state index in [1.165, 1.54) is 130 Å². The molecule has 98 heavy (non-hydrogen) atoms. The number of benzene rings is 8. The van der Waals surface area contributed by atoms with Gasteiger partial charge >= 0.3 is 0 Å². The summed E-state index contributed by atoms with van der Waals surface area (Å²) in [6, 6.07) is 52.3. The molecule has 0 amide bonds. The van der Waals surface area contributed by atoms with Gasteiger partial charge in [-0.1, -0.05) is 369 Å². The van der Waals surface area contributed by atoms with Crippen molar-refractivity contribution in [1.82, 2.24) is 0 Å². The van der Waals surface area contributed by atoms with Crippen LogP contribution >= 0.6 is 0 Å². The maximum absolute atomic E-state index is 2.61. The first kappa shape index (κ1) is 83.6. The average Bonchev–Trinajstić information content (AvgIpc) is 0.737. The zero-order valence-corrected chi connectivity index (χ0v) is 72.5. The molecule has 0 bridgehead atoms. The van der Waals surface area contributed by atoms with Gasteiger partial charge in [-0.15, -0.1) is 0 Å². The van der Waals surface area contributed by atoms with Gasteiger partial charge in [0.15, 0.2) is 0 Å². The minimum Gasteiger partial charge on any atom is -0.0675 e. The summed E-state index contributed by atoms with van der Waals surface area (Å²) < 4.78 is 0. The van der Waals surface area contributed by atoms with Crippen molar-refractivity contribution in [2.75, 3.05) is 0 Å². The van der Waals surface area contributed by atoms with Gasteiger partial charge in [0.25, 0.3) is 0 Å². The predicted molar refractivity (Wildman–Crippen MR) is 452 cm³/mol. The summed E-state index contributed by atoms with van der Waals surface area (Å²) in [7, 11) is -3.09. The van der Waals surface area contributed by atoms with Crippen LogP contribution in [0.3, 0.4) is 0 Å². The fourth-order valence-corrected chi connectivity index (χ4v) is 30.9. The molecule has 0 aliphatic heterocycles. The second-order valence-electron chi connectivity index (χ2n) is 39.0. The van der Waals surface area contributed by atoms with Gasteiger partial charge in [0.2, 0.25) is 0 Å². The van der Waals surface area contributed by atoms with Crippen molar-refractivity contribution in [3.05, 3.63) is 200 Å². The molecule has 0 atom stereocenters. The van der Waals surface area contributed by atoms with E-state index in [1.54, 1.807) is 15.9 Å². The fourth-order valence-electron chi connectivity index (χ4n) is 20.1. The van der Waals surface area contributed by atoms with Crippen LogP contribution in [0.25, 0.3) is 32.3 Å². The van der Waals surface area contributed by atoms with Gasteiger partial charge < -0.3 is 0 Å². The van der Waals surface area contributed by atoms with Gasteiger partial charge in [0.1, 0.15) is 0 Å². The van der Waals surface area contributed by atoms with Crippen molar-refractivity contribution in [1.29, 1.82) is 0 Å². The zero-order valence-electron chi connectivity index (χ0n) is 70.5. The SMILES string of the molecule is CC[Si](CC)(CC)c1cc(C(C)(C)C)c(C)c2ccccc12.Cc1c(C(C)(C)C)cc(C2C(C)(C)CC(C)(C)CC2(C)C)c2ccccc12.Cc1c(C(C)(C)C)cc([Si](C(C)C)(C(C)C)C(C)C)c2ccccc12.Cc1cc(C)c(C)c(C(C)(C)C)c1.Cc1ccccc1C(C)(C)C. The molecule has 0 spiro atoms. The van der Waals surface area contributed by atoms with E-state index in [-0.39, 0.29) is 37.9 Å². The molecule has 1 fully saturated rings. The van der Waals surface area contributed by atoms with Crippen molar-refractivity contribution in [3.63, 3.8) is 0 Å². The monoisotopic (exact) mass is 1360 g/mol. The Morgan fingerprint density at radius 2 is 0.653 bits per heavy atom. The molecule has 0 N–H and O–H groups in total. The number of hydrogen-bond acceptors (Lipinski definition) is 0. The van der Waals surface area contributed by atoms with Crippen LogP contribution in [0.2, 0.25) is 34.8 Å². The first-order valence-corrected chi connectivity index (χ1v) is 43.3. The van der Waals surface area contributed by atoms with Crippen molar-refractivity contribution < 1.29 is 0 Å². The highest BCUT2D eigenvalue weighted by Crippen LogP contribution is 2.63. The van der Waals surface area contributed by atoms with Gasteiger partial charge in [-0.25, -0.2) is 0 Å². The Morgan fingerprint density at radius 1 is 0.347 bits per heavy atom. The standard InChI is InChI=1S/C27H40.C24H38Si.C21H32Si.C13H20.C11H16/c1-18-19-13-11-12-14-20(19)21(15-22(18)24(2,3)4)23-26(7,8)16-25(5,6)17-27(23,9)10;1-16(2)25(17(3)4,18(5)6)23-15-22(24(8,9)10)19(7)20-13-11-12-14-21(20)23;1-8-22(9-2,10-3)20-15-19(21(5,6)7)16(4)17-13-11-12-14-18(17)20;1-9-7-10(2)11(3)12(8-9)13(4,5)6;1-9-7-5-6-8-10(9)11(2,3)4/h11-15,23H,16-17H2,1-10H3;11-18H,1-10H3;11-15H,8-10H2,1-7H3;7-8H,1-6H3;5-8H,1-4H3. The second kappa shape index (κ2) is 31.3. The Hall–Kier alpha value is -5.03. The number of rotatable bonds is 9. The maximum atomic E-state index is 2.61. The Bertz CT molecular complexity index is 3920. The van der Waals surface area contributed by atoms with Crippen molar-refractivity contribution >= 4 is 58.8 Å². The highest BCUT2D eigenvalue weighted by molar-refractivity contribution is 6.96. The van der Waals surface area contributed by atoms with Crippen LogP contribution in [0, 0.1) is 64.7 Å². The summed E-state index contributed by atoms with van der Waals surface area (Å²) in [5.41, 5.74) is 23.3. The van der Waals surface area contributed by atoms with Gasteiger partial charge in [-0.05, 0) is 226 Å². The topological polar surface area (TPSA) is 0 Å². The number of hydrogen-bond donors (Lipinski definition) is 0. The van der Waals surface area contributed by atoms with Crippen LogP contribution in [0.15, 0.2) is 127 Å². The van der Waals surface area contributed by atoms with Gasteiger partial charge in [0, 0.05) is 0 Å². The van der Waals surface area contributed by atoms with E-state index in [4.69, 9.17) is 0 Å². The smallest absolute Gasteiger partial charge is 0.0675 e. The Kier molecular flexibility index (Phi) is 26.7. The molecular weight excluding hydrogens is 1210 g/mol. The fraction of sp³-hybridized carbons (Fsp3) is 0.562. The molecule has 0 nitrogen and oxygen atoms in total. The maximum Gasteiger partial charge on any atom is 0.0950 e. The molecule has 0 aromatic heterocycles. The second-order valence-corrected chi connectivity index (χ2v) is 50.0. The van der Waals surface area contributed by atoms with Gasteiger partial charge in [0.05, 0.1) is 16.1 Å². The van der Waals surface area contributed by atoms with Crippen molar-refractivity contribution in [3.8, 4) is 0 Å². The molecule has 1 saturated carbocycles. The third-order valence-corrected chi connectivity index (χ3v) is 36.3. The van der Waals surface area contributed by atoms with E-state index in [2.05, 4.69) is 384 Å². The summed E-state index contributed by atoms with van der Waals surface area (Å²) in [5, 5.41) is 12.3. The molecule has 0 saturated heterocycles. The summed E-state index contributed by atoms with van der Waals surface area (Å²) in [5.74, 6) is 0.560. The highest BCUT2D eigenvalue weighted by Gasteiger charge is 2.52. The molecule has 0 unspecified atom stereocenters. The predicted octanol–water partition coefficient (Wildman–Crippen LogP) is 29.1. The Balaban J connectivity index is 0.000000229. The number of fused-ring (bicyclic) bond motifs is 3. The first-order chi connectivity index (χ1) is 44.7.